The number of nitrogens with one attached hydrogen (secondary N) is 2. The highest BCUT2D eigenvalue weighted by atomic mass is 127. The Labute approximate surface area is 182 Å². The van der Waals surface area contributed by atoms with Gasteiger partial charge in [-0.2, -0.15) is 0 Å². The van der Waals surface area contributed by atoms with Gasteiger partial charge in [0.1, 0.15) is 0 Å². The summed E-state index contributed by atoms with van der Waals surface area (Å²) in [7, 11) is 4.43. The molecule has 1 saturated heterocycles. The molecule has 0 aromatic heterocycles. The monoisotopic (exact) mass is 493 g/mol. The first-order valence-corrected chi connectivity index (χ1v) is 10.6. The van der Waals surface area contributed by atoms with E-state index in [4.69, 9.17) is 9.73 Å². The van der Waals surface area contributed by atoms with Gasteiger partial charge in [0.15, 0.2) is 5.96 Å². The summed E-state index contributed by atoms with van der Waals surface area (Å²) in [6.45, 7) is 10.2. The van der Waals surface area contributed by atoms with Crippen LogP contribution in [0, 0.1) is 5.41 Å². The molecule has 6 nitrogen and oxygen atoms in total. The average molecular weight is 493 g/mol. The molecule has 1 spiro atoms. The molecule has 1 heterocycles. The summed E-state index contributed by atoms with van der Waals surface area (Å²) in [5.74, 6) is 0.986. The van der Waals surface area contributed by atoms with Gasteiger partial charge in [-0.05, 0) is 47.2 Å². The summed E-state index contributed by atoms with van der Waals surface area (Å²) in [5, 5.41) is 7.23. The summed E-state index contributed by atoms with van der Waals surface area (Å²) < 4.78 is 6.06. The van der Waals surface area contributed by atoms with E-state index in [1.807, 2.05) is 0 Å². The van der Waals surface area contributed by atoms with Crippen molar-refractivity contribution in [3.63, 3.8) is 0 Å². The van der Waals surface area contributed by atoms with Gasteiger partial charge in [-0.15, -0.1) is 24.0 Å². The molecule has 3 unspecified atom stereocenters. The fourth-order valence-corrected chi connectivity index (χ4v) is 5.07. The van der Waals surface area contributed by atoms with Gasteiger partial charge in [0, 0.05) is 50.3 Å². The molecule has 2 aliphatic carbocycles. The average Bonchev–Trinajstić information content (AvgIpc) is 3.14. The van der Waals surface area contributed by atoms with Crippen molar-refractivity contribution in [2.75, 3.05) is 53.4 Å². The van der Waals surface area contributed by atoms with E-state index in [2.05, 4.69) is 48.4 Å². The van der Waals surface area contributed by atoms with E-state index in [1.165, 1.54) is 25.7 Å². The number of rotatable bonds is 6. The van der Waals surface area contributed by atoms with Crippen molar-refractivity contribution in [3.05, 3.63) is 0 Å². The third kappa shape index (κ3) is 5.28. The summed E-state index contributed by atoms with van der Waals surface area (Å²) in [5.41, 5.74) is 0.341. The van der Waals surface area contributed by atoms with Crippen LogP contribution in [0.1, 0.15) is 46.0 Å². The SMILES string of the molecule is CCNC(=NCC1CN(C)CCN1C)NC1CC(OCC)C12CCCC2.I. The highest BCUT2D eigenvalue weighted by Gasteiger charge is 2.56. The summed E-state index contributed by atoms with van der Waals surface area (Å²) in [4.78, 5) is 9.81. The molecule has 158 valence electrons. The third-order valence-corrected chi connectivity index (χ3v) is 6.78. The van der Waals surface area contributed by atoms with E-state index in [0.29, 0.717) is 23.6 Å². The number of hydrogen-bond acceptors (Lipinski definition) is 4. The second kappa shape index (κ2) is 10.6. The number of ether oxygens (including phenoxy) is 1. The minimum Gasteiger partial charge on any atom is -0.378 e. The number of nitrogens with zero attached hydrogens (tertiary/aromatic N) is 3. The molecule has 0 aromatic carbocycles. The van der Waals surface area contributed by atoms with E-state index in [9.17, 15) is 0 Å². The summed E-state index contributed by atoms with van der Waals surface area (Å²) in [6.07, 6.45) is 6.83. The van der Waals surface area contributed by atoms with Gasteiger partial charge < -0.3 is 20.3 Å². The third-order valence-electron chi connectivity index (χ3n) is 6.78. The van der Waals surface area contributed by atoms with Crippen molar-refractivity contribution in [1.82, 2.24) is 20.4 Å². The minimum absolute atomic E-state index is 0. The Bertz CT molecular complexity index is 483. The van der Waals surface area contributed by atoms with Crippen molar-refractivity contribution in [3.8, 4) is 0 Å². The lowest BCUT2D eigenvalue weighted by atomic mass is 9.60. The van der Waals surface area contributed by atoms with Crippen LogP contribution >= 0.6 is 24.0 Å². The Morgan fingerprint density at radius 3 is 2.59 bits per heavy atom. The quantitative estimate of drug-likeness (QED) is 0.338. The molecule has 1 aliphatic heterocycles. The van der Waals surface area contributed by atoms with E-state index in [0.717, 1.165) is 51.7 Å². The Morgan fingerprint density at radius 2 is 1.93 bits per heavy atom. The highest BCUT2D eigenvalue weighted by molar-refractivity contribution is 14.0. The number of guanidine groups is 1. The molecular weight excluding hydrogens is 453 g/mol. The number of hydrogen-bond donors (Lipinski definition) is 2. The molecule has 3 aliphatic rings. The lowest BCUT2D eigenvalue weighted by Crippen LogP contribution is -2.65. The van der Waals surface area contributed by atoms with Crippen molar-refractivity contribution in [2.24, 2.45) is 10.4 Å². The molecule has 3 rings (SSSR count). The Morgan fingerprint density at radius 1 is 1.19 bits per heavy atom. The first kappa shape index (κ1) is 23.2. The largest absolute Gasteiger partial charge is 0.378 e. The molecule has 7 heteroatoms. The number of halogens is 1. The van der Waals surface area contributed by atoms with Crippen LogP contribution in [-0.2, 0) is 4.74 Å². The Kier molecular flexibility index (Phi) is 9.09. The van der Waals surface area contributed by atoms with Crippen LogP contribution in [0.2, 0.25) is 0 Å². The second-order valence-corrected chi connectivity index (χ2v) is 8.43. The molecule has 27 heavy (non-hydrogen) atoms. The lowest BCUT2D eigenvalue weighted by Gasteiger charge is -2.54. The van der Waals surface area contributed by atoms with Gasteiger partial charge in [0.25, 0.3) is 0 Å². The highest BCUT2D eigenvalue weighted by Crippen LogP contribution is 2.54. The zero-order valence-electron chi connectivity index (χ0n) is 17.7. The zero-order valence-corrected chi connectivity index (χ0v) is 20.0. The van der Waals surface area contributed by atoms with E-state index in [1.54, 1.807) is 0 Å². The van der Waals surface area contributed by atoms with E-state index < -0.39 is 0 Å². The first-order valence-electron chi connectivity index (χ1n) is 10.6. The normalized spacial score (nSPS) is 31.4. The van der Waals surface area contributed by atoms with Gasteiger partial charge >= 0.3 is 0 Å². The van der Waals surface area contributed by atoms with Gasteiger partial charge in [-0.1, -0.05) is 12.8 Å². The molecule has 0 radical (unpaired) electrons. The summed E-state index contributed by atoms with van der Waals surface area (Å²) >= 11 is 0. The van der Waals surface area contributed by atoms with Crippen LogP contribution in [0.3, 0.4) is 0 Å². The fourth-order valence-electron chi connectivity index (χ4n) is 5.07. The molecule has 0 aromatic rings. The van der Waals surface area contributed by atoms with E-state index >= 15 is 0 Å². The number of likely N-dealkylation sites (N-methyl/N-ethyl adjacent to an activating group) is 2. The smallest absolute Gasteiger partial charge is 0.191 e. The van der Waals surface area contributed by atoms with Crippen molar-refractivity contribution in [1.29, 1.82) is 0 Å². The molecule has 3 fully saturated rings. The van der Waals surface area contributed by atoms with E-state index in [-0.39, 0.29) is 24.0 Å². The maximum absolute atomic E-state index is 6.06. The van der Waals surface area contributed by atoms with Crippen LogP contribution in [0.5, 0.6) is 0 Å². The fraction of sp³-hybridized carbons (Fsp3) is 0.950. The molecular formula is C20H40IN5O. The maximum Gasteiger partial charge on any atom is 0.191 e. The van der Waals surface area contributed by atoms with Crippen LogP contribution in [0.15, 0.2) is 4.99 Å². The lowest BCUT2D eigenvalue weighted by molar-refractivity contribution is -0.125. The Hall–Kier alpha value is -0.120. The van der Waals surface area contributed by atoms with Crippen LogP contribution in [0.4, 0.5) is 0 Å². The minimum atomic E-state index is 0. The van der Waals surface area contributed by atoms with Crippen molar-refractivity contribution in [2.45, 2.75) is 64.1 Å². The second-order valence-electron chi connectivity index (χ2n) is 8.43. The van der Waals surface area contributed by atoms with Crippen molar-refractivity contribution < 1.29 is 4.74 Å². The zero-order chi connectivity index (χ0) is 18.6. The molecule has 2 saturated carbocycles. The maximum atomic E-state index is 6.06. The van der Waals surface area contributed by atoms with Gasteiger partial charge in [0.05, 0.1) is 12.6 Å². The Balaban J connectivity index is 0.00000261. The predicted octanol–water partition coefficient (Wildman–Crippen LogP) is 2.14. The van der Waals surface area contributed by atoms with Crippen LogP contribution in [0.25, 0.3) is 0 Å². The number of aliphatic imine (C=N–C) groups is 1. The first-order chi connectivity index (χ1) is 12.6. The molecule has 0 bridgehead atoms. The van der Waals surface area contributed by atoms with Crippen molar-refractivity contribution >= 4 is 29.9 Å². The van der Waals surface area contributed by atoms with Crippen LogP contribution < -0.4 is 10.6 Å². The summed E-state index contributed by atoms with van der Waals surface area (Å²) in [6, 6.07) is 1.01. The van der Waals surface area contributed by atoms with Gasteiger partial charge in [-0.25, -0.2) is 0 Å². The predicted molar refractivity (Wildman–Crippen MR) is 123 cm³/mol. The van der Waals surface area contributed by atoms with Gasteiger partial charge in [-0.3, -0.25) is 9.89 Å². The standard InChI is InChI=1S/C20H39N5O.HI/c1-5-21-19(22-14-16-15-24(3)11-12-25(16)4)23-17-13-18(26-6-2)20(17)9-7-8-10-20;/h16-18H,5-15H2,1-4H3,(H2,21,22,23);1H. The number of piperazine rings is 1. The molecule has 3 atom stereocenters. The van der Waals surface area contributed by atoms with Gasteiger partial charge in [0.2, 0.25) is 0 Å². The molecule has 2 N–H and O–H groups in total. The topological polar surface area (TPSA) is 52.1 Å². The molecule has 0 amide bonds. The van der Waals surface area contributed by atoms with Crippen LogP contribution in [-0.4, -0.2) is 87.4 Å².